The summed E-state index contributed by atoms with van der Waals surface area (Å²) in [4.78, 5) is 48.3. The third kappa shape index (κ3) is 46.5. The molecule has 0 aliphatic rings. The van der Waals surface area contributed by atoms with Crippen LogP contribution in [0.5, 0.6) is 0 Å². The number of phosphoric ester groups is 1. The lowest BCUT2D eigenvalue weighted by molar-refractivity contribution is -0.161. The number of phosphoric acid groups is 1. The highest BCUT2D eigenvalue weighted by atomic mass is 31.2. The third-order valence-corrected chi connectivity index (χ3v) is 12.2. The van der Waals surface area contributed by atoms with Gasteiger partial charge in [0.05, 0.1) is 19.8 Å². The van der Waals surface area contributed by atoms with Crippen LogP contribution in [0.4, 0.5) is 0 Å². The number of carbonyl (C=O) groups excluding carboxylic acids is 3. The average Bonchev–Trinajstić information content (AvgIpc) is 3.30. The number of ether oxygens (including phenoxy) is 3. The maximum Gasteiger partial charge on any atom is 0.472 e. The van der Waals surface area contributed by atoms with E-state index in [1.54, 1.807) is 0 Å². The average molecular weight is 953 g/mol. The molecule has 12 heteroatoms. The number of unbranched alkanes of at least 4 members (excludes halogenated alkanes) is 24. The number of carbonyl (C=O) groups is 3. The summed E-state index contributed by atoms with van der Waals surface area (Å²) in [5.41, 5.74) is 0. The van der Waals surface area contributed by atoms with Crippen LogP contribution >= 0.6 is 7.82 Å². The Kier molecular flexibility index (Phi) is 47.0. The summed E-state index contributed by atoms with van der Waals surface area (Å²) in [6, 6.07) is 0. The van der Waals surface area contributed by atoms with Crippen LogP contribution in [0.15, 0.2) is 48.6 Å². The summed E-state index contributed by atoms with van der Waals surface area (Å²) >= 11 is 0. The number of allylic oxidation sites excluding steroid dienone is 8. The molecule has 0 spiro atoms. The Morgan fingerprint density at radius 1 is 0.439 bits per heavy atom. The monoisotopic (exact) mass is 953 g/mol. The first-order valence-corrected chi connectivity index (χ1v) is 28.0. The van der Waals surface area contributed by atoms with Gasteiger partial charge >= 0.3 is 25.7 Å². The fourth-order valence-corrected chi connectivity index (χ4v) is 8.01. The number of hydrogen-bond donors (Lipinski definition) is 2. The standard InChI is InChI=1S/C54H97O11P/c1-4-7-10-13-16-19-22-24-25-27-30-33-36-39-42-45-54(58)65-51(47-61-52(56)43-40-37-34-31-28-21-18-15-12-9-6-3)49-63-66(59,60)62-48-50(46-55)64-53(57)44-41-38-35-32-29-26-23-20-17-14-11-8-5-2/h7,10,16,19,24-25,30,33,50-51,55H,4-6,8-9,11-15,17-18,20-23,26-29,31-32,34-49H2,1-3H3,(H,59,60)/b10-7-,19-16-,25-24-,33-30-. The summed E-state index contributed by atoms with van der Waals surface area (Å²) in [5.74, 6) is -1.51. The van der Waals surface area contributed by atoms with Crippen molar-refractivity contribution in [3.8, 4) is 0 Å². The molecule has 0 rings (SSSR count). The molecule has 384 valence electrons. The van der Waals surface area contributed by atoms with Crippen molar-refractivity contribution in [2.45, 2.75) is 251 Å². The minimum atomic E-state index is -4.75. The lowest BCUT2D eigenvalue weighted by atomic mass is 10.0. The van der Waals surface area contributed by atoms with Crippen molar-refractivity contribution in [1.29, 1.82) is 0 Å². The van der Waals surface area contributed by atoms with Gasteiger partial charge in [0.15, 0.2) is 6.10 Å². The number of rotatable bonds is 49. The van der Waals surface area contributed by atoms with E-state index in [9.17, 15) is 28.9 Å². The fourth-order valence-electron chi connectivity index (χ4n) is 7.23. The van der Waals surface area contributed by atoms with E-state index in [0.717, 1.165) is 77.0 Å². The molecule has 3 atom stereocenters. The van der Waals surface area contributed by atoms with E-state index in [0.29, 0.717) is 19.3 Å². The first-order chi connectivity index (χ1) is 32.2. The van der Waals surface area contributed by atoms with Crippen LogP contribution < -0.4 is 0 Å². The molecule has 0 aromatic carbocycles. The molecule has 0 amide bonds. The molecule has 0 aromatic rings. The van der Waals surface area contributed by atoms with Crippen molar-refractivity contribution in [2.24, 2.45) is 0 Å². The molecule has 0 aliphatic carbocycles. The number of aliphatic hydroxyl groups is 1. The zero-order valence-corrected chi connectivity index (χ0v) is 43.1. The van der Waals surface area contributed by atoms with E-state index >= 15 is 0 Å². The van der Waals surface area contributed by atoms with Crippen LogP contribution in [0.2, 0.25) is 0 Å². The normalized spacial score (nSPS) is 13.8. The lowest BCUT2D eigenvalue weighted by Crippen LogP contribution is -2.30. The Bertz CT molecular complexity index is 1300. The molecule has 0 aliphatic heterocycles. The molecule has 66 heavy (non-hydrogen) atoms. The Balaban J connectivity index is 4.76. The van der Waals surface area contributed by atoms with Crippen LogP contribution in [0, 0.1) is 0 Å². The van der Waals surface area contributed by atoms with Gasteiger partial charge in [-0.25, -0.2) is 4.57 Å². The zero-order chi connectivity index (χ0) is 48.4. The summed E-state index contributed by atoms with van der Waals surface area (Å²) in [5, 5.41) is 9.77. The van der Waals surface area contributed by atoms with Gasteiger partial charge in [-0.05, 0) is 57.8 Å². The summed E-state index contributed by atoms with van der Waals surface area (Å²) in [7, 11) is -4.75. The van der Waals surface area contributed by atoms with Gasteiger partial charge < -0.3 is 24.2 Å². The minimum absolute atomic E-state index is 0.118. The van der Waals surface area contributed by atoms with Crippen LogP contribution in [-0.2, 0) is 42.2 Å². The van der Waals surface area contributed by atoms with Gasteiger partial charge in [0.25, 0.3) is 0 Å². The van der Waals surface area contributed by atoms with E-state index in [1.165, 1.54) is 103 Å². The quantitative estimate of drug-likeness (QED) is 0.0197. The van der Waals surface area contributed by atoms with Crippen molar-refractivity contribution >= 4 is 25.7 Å². The molecule has 0 bridgehead atoms. The lowest BCUT2D eigenvalue weighted by Gasteiger charge is -2.21. The van der Waals surface area contributed by atoms with Gasteiger partial charge in [-0.2, -0.15) is 0 Å². The molecule has 0 aromatic heterocycles. The van der Waals surface area contributed by atoms with E-state index in [1.807, 2.05) is 0 Å². The molecule has 0 saturated carbocycles. The molecule has 0 fully saturated rings. The Morgan fingerprint density at radius 2 is 0.788 bits per heavy atom. The van der Waals surface area contributed by atoms with Gasteiger partial charge in [-0.3, -0.25) is 23.4 Å². The Hall–Kier alpha value is -2.56. The molecule has 2 N–H and O–H groups in total. The van der Waals surface area contributed by atoms with E-state index < -0.39 is 57.8 Å². The van der Waals surface area contributed by atoms with Gasteiger partial charge in [0.2, 0.25) is 0 Å². The predicted octanol–water partition coefficient (Wildman–Crippen LogP) is 15.0. The van der Waals surface area contributed by atoms with Crippen molar-refractivity contribution in [1.82, 2.24) is 0 Å². The van der Waals surface area contributed by atoms with Crippen molar-refractivity contribution in [2.75, 3.05) is 26.4 Å². The second-order valence-electron chi connectivity index (χ2n) is 17.7. The van der Waals surface area contributed by atoms with Crippen molar-refractivity contribution in [3.63, 3.8) is 0 Å². The first kappa shape index (κ1) is 63.4. The van der Waals surface area contributed by atoms with Gasteiger partial charge in [0.1, 0.15) is 12.7 Å². The van der Waals surface area contributed by atoms with Crippen LogP contribution in [0.1, 0.15) is 239 Å². The topological polar surface area (TPSA) is 155 Å². The van der Waals surface area contributed by atoms with Gasteiger partial charge in [-0.15, -0.1) is 0 Å². The highest BCUT2D eigenvalue weighted by Crippen LogP contribution is 2.43. The highest BCUT2D eigenvalue weighted by molar-refractivity contribution is 7.47. The molecule has 0 heterocycles. The van der Waals surface area contributed by atoms with E-state index in [2.05, 4.69) is 69.4 Å². The van der Waals surface area contributed by atoms with Crippen LogP contribution in [-0.4, -0.2) is 66.5 Å². The smallest absolute Gasteiger partial charge is 0.462 e. The van der Waals surface area contributed by atoms with Crippen molar-refractivity contribution < 1.29 is 52.2 Å². The maximum absolute atomic E-state index is 12.8. The SMILES string of the molecule is CC/C=C\C/C=C\C/C=C\C/C=C\CCCCC(=O)OC(COC(=O)CCCCCCCCCCCCC)COP(=O)(O)OCC(CO)OC(=O)CCCCCCCCCCCCCCC. The van der Waals surface area contributed by atoms with Gasteiger partial charge in [-0.1, -0.05) is 211 Å². The maximum atomic E-state index is 12.8. The second-order valence-corrected chi connectivity index (χ2v) is 19.1. The summed E-state index contributed by atoms with van der Waals surface area (Å²) in [6.07, 6.45) is 49.4. The molecule has 3 unspecified atom stereocenters. The number of esters is 3. The zero-order valence-electron chi connectivity index (χ0n) is 42.2. The predicted molar refractivity (Wildman–Crippen MR) is 270 cm³/mol. The number of hydrogen-bond acceptors (Lipinski definition) is 10. The number of aliphatic hydroxyl groups excluding tert-OH is 1. The third-order valence-electron chi connectivity index (χ3n) is 11.3. The molecule has 0 saturated heterocycles. The Morgan fingerprint density at radius 3 is 1.21 bits per heavy atom. The fraction of sp³-hybridized carbons (Fsp3) is 0.796. The molecule has 11 nitrogen and oxygen atoms in total. The van der Waals surface area contributed by atoms with Crippen LogP contribution in [0.25, 0.3) is 0 Å². The van der Waals surface area contributed by atoms with Crippen molar-refractivity contribution in [3.05, 3.63) is 48.6 Å². The second kappa shape index (κ2) is 48.9. The first-order valence-electron chi connectivity index (χ1n) is 26.5. The summed E-state index contributed by atoms with van der Waals surface area (Å²) < 4.78 is 39.3. The highest BCUT2D eigenvalue weighted by Gasteiger charge is 2.28. The largest absolute Gasteiger partial charge is 0.472 e. The van der Waals surface area contributed by atoms with E-state index in [-0.39, 0.29) is 25.9 Å². The van der Waals surface area contributed by atoms with E-state index in [4.69, 9.17) is 23.3 Å². The molecular weight excluding hydrogens is 856 g/mol. The molecular formula is C54H97O11P. The summed E-state index contributed by atoms with van der Waals surface area (Å²) in [6.45, 7) is 4.48. The minimum Gasteiger partial charge on any atom is -0.462 e. The van der Waals surface area contributed by atoms with Gasteiger partial charge in [0, 0.05) is 19.3 Å². The molecule has 0 radical (unpaired) electrons. The Labute approximate surface area is 403 Å². The van der Waals surface area contributed by atoms with Crippen LogP contribution in [0.3, 0.4) is 0 Å².